The van der Waals surface area contributed by atoms with Gasteiger partial charge in [0.15, 0.2) is 0 Å². The number of benzene rings is 2. The molecular formula is C19H26. The maximum atomic E-state index is 2.27. The molecule has 0 amide bonds. The van der Waals surface area contributed by atoms with Gasteiger partial charge in [0.1, 0.15) is 0 Å². The lowest BCUT2D eigenvalue weighted by Gasteiger charge is -2.21. The van der Waals surface area contributed by atoms with Crippen molar-refractivity contribution >= 4 is 0 Å². The molecule has 1 saturated carbocycles. The second kappa shape index (κ2) is 9.38. The zero-order valence-electron chi connectivity index (χ0n) is 11.0. The maximum absolute atomic E-state index is 2.27. The first-order valence-electron chi connectivity index (χ1n) is 7.02. The molecule has 0 heterocycles. The molecule has 0 aromatic heterocycles. The normalized spacial score (nSPS) is 14.7. The summed E-state index contributed by atoms with van der Waals surface area (Å²) in [5, 5.41) is 0. The monoisotopic (exact) mass is 254 g/mol. The Morgan fingerprint density at radius 3 is 1.47 bits per heavy atom. The standard InChI is InChI=1S/C12H16.C6H6.CH4/c1-3-7-11(8-4-1)12-9-5-2-6-10-12;1-2-4-6-5-3-1;/h1,3-4,7-8,12H,2,5-6,9-10H2;1-6H;1H4. The minimum absolute atomic E-state index is 0. The van der Waals surface area contributed by atoms with Gasteiger partial charge in [-0.05, 0) is 24.3 Å². The van der Waals surface area contributed by atoms with Crippen molar-refractivity contribution in [1.29, 1.82) is 0 Å². The van der Waals surface area contributed by atoms with E-state index in [1.165, 1.54) is 32.1 Å². The molecule has 1 aliphatic carbocycles. The fourth-order valence-corrected chi connectivity index (χ4v) is 2.55. The van der Waals surface area contributed by atoms with Gasteiger partial charge >= 0.3 is 0 Å². The van der Waals surface area contributed by atoms with Crippen molar-refractivity contribution in [2.75, 3.05) is 0 Å². The summed E-state index contributed by atoms with van der Waals surface area (Å²) in [4.78, 5) is 0. The molecule has 19 heavy (non-hydrogen) atoms. The summed E-state index contributed by atoms with van der Waals surface area (Å²) >= 11 is 0. The Kier molecular flexibility index (Phi) is 7.65. The van der Waals surface area contributed by atoms with E-state index in [1.807, 2.05) is 36.4 Å². The number of rotatable bonds is 1. The summed E-state index contributed by atoms with van der Waals surface area (Å²) in [5.41, 5.74) is 1.55. The highest BCUT2D eigenvalue weighted by molar-refractivity contribution is 5.19. The van der Waals surface area contributed by atoms with Crippen molar-refractivity contribution < 1.29 is 0 Å². The van der Waals surface area contributed by atoms with Crippen molar-refractivity contribution in [3.05, 3.63) is 72.3 Å². The van der Waals surface area contributed by atoms with Crippen LogP contribution in [0.15, 0.2) is 66.7 Å². The molecule has 2 aromatic carbocycles. The van der Waals surface area contributed by atoms with Gasteiger partial charge in [0.2, 0.25) is 0 Å². The summed E-state index contributed by atoms with van der Waals surface area (Å²) < 4.78 is 0. The summed E-state index contributed by atoms with van der Waals surface area (Å²) in [5.74, 6) is 0.861. The summed E-state index contributed by atoms with van der Waals surface area (Å²) in [6.45, 7) is 0. The van der Waals surface area contributed by atoms with Crippen LogP contribution in [0.2, 0.25) is 0 Å². The van der Waals surface area contributed by atoms with E-state index in [1.54, 1.807) is 5.56 Å². The van der Waals surface area contributed by atoms with Crippen LogP contribution in [0.25, 0.3) is 0 Å². The summed E-state index contributed by atoms with van der Waals surface area (Å²) in [7, 11) is 0. The topological polar surface area (TPSA) is 0 Å². The van der Waals surface area contributed by atoms with Gasteiger partial charge in [0, 0.05) is 0 Å². The Balaban J connectivity index is 0.000000220. The van der Waals surface area contributed by atoms with Crippen molar-refractivity contribution in [1.82, 2.24) is 0 Å². The molecule has 0 radical (unpaired) electrons. The van der Waals surface area contributed by atoms with E-state index < -0.39 is 0 Å². The van der Waals surface area contributed by atoms with Crippen LogP contribution < -0.4 is 0 Å². The molecular weight excluding hydrogens is 228 g/mol. The fraction of sp³-hybridized carbons (Fsp3) is 0.368. The first-order chi connectivity index (χ1) is 8.97. The molecule has 0 saturated heterocycles. The predicted octanol–water partition coefficient (Wildman–Crippen LogP) is 6.06. The van der Waals surface area contributed by atoms with Gasteiger partial charge in [-0.2, -0.15) is 0 Å². The molecule has 0 aliphatic heterocycles. The van der Waals surface area contributed by atoms with Crippen LogP contribution in [0.3, 0.4) is 0 Å². The minimum atomic E-state index is 0. The van der Waals surface area contributed by atoms with Gasteiger partial charge in [-0.15, -0.1) is 0 Å². The predicted molar refractivity (Wildman–Crippen MR) is 85.4 cm³/mol. The quantitative estimate of drug-likeness (QED) is 0.580. The Labute approximate surface area is 118 Å². The van der Waals surface area contributed by atoms with Crippen LogP contribution in [0, 0.1) is 0 Å². The average Bonchev–Trinajstić information content (AvgIpc) is 2.51. The fourth-order valence-electron chi connectivity index (χ4n) is 2.55. The van der Waals surface area contributed by atoms with Crippen LogP contribution in [0.4, 0.5) is 0 Å². The van der Waals surface area contributed by atoms with E-state index in [0.717, 1.165) is 5.92 Å². The highest BCUT2D eigenvalue weighted by Crippen LogP contribution is 2.31. The van der Waals surface area contributed by atoms with Crippen LogP contribution in [-0.4, -0.2) is 0 Å². The zero-order valence-corrected chi connectivity index (χ0v) is 11.0. The summed E-state index contributed by atoms with van der Waals surface area (Å²) in [6.07, 6.45) is 7.12. The van der Waals surface area contributed by atoms with Gasteiger partial charge in [-0.25, -0.2) is 0 Å². The van der Waals surface area contributed by atoms with Crippen molar-refractivity contribution in [2.45, 2.75) is 45.4 Å². The lowest BCUT2D eigenvalue weighted by molar-refractivity contribution is 0.443. The number of hydrogen-bond acceptors (Lipinski definition) is 0. The lowest BCUT2D eigenvalue weighted by atomic mass is 9.84. The third-order valence-corrected chi connectivity index (χ3v) is 3.54. The Hall–Kier alpha value is -1.56. The third-order valence-electron chi connectivity index (χ3n) is 3.54. The average molecular weight is 254 g/mol. The first kappa shape index (κ1) is 15.5. The van der Waals surface area contributed by atoms with Crippen molar-refractivity contribution in [2.24, 2.45) is 0 Å². The van der Waals surface area contributed by atoms with Crippen LogP contribution in [0.1, 0.15) is 51.0 Å². The highest BCUT2D eigenvalue weighted by atomic mass is 14.2. The molecule has 1 aliphatic rings. The van der Waals surface area contributed by atoms with Crippen LogP contribution >= 0.6 is 0 Å². The van der Waals surface area contributed by atoms with Crippen LogP contribution in [0.5, 0.6) is 0 Å². The highest BCUT2D eigenvalue weighted by Gasteiger charge is 2.14. The largest absolute Gasteiger partial charge is 0.0776 e. The molecule has 0 heteroatoms. The van der Waals surface area contributed by atoms with Gasteiger partial charge in [0.25, 0.3) is 0 Å². The molecule has 0 spiro atoms. The maximum Gasteiger partial charge on any atom is -0.0162 e. The molecule has 1 fully saturated rings. The molecule has 0 unspecified atom stereocenters. The van der Waals surface area contributed by atoms with Gasteiger partial charge in [-0.3, -0.25) is 0 Å². The molecule has 3 rings (SSSR count). The number of hydrogen-bond donors (Lipinski definition) is 0. The van der Waals surface area contributed by atoms with E-state index in [9.17, 15) is 0 Å². The molecule has 0 bridgehead atoms. The smallest absolute Gasteiger partial charge is 0.0162 e. The van der Waals surface area contributed by atoms with Gasteiger partial charge in [0.05, 0.1) is 0 Å². The molecule has 0 nitrogen and oxygen atoms in total. The van der Waals surface area contributed by atoms with Crippen molar-refractivity contribution in [3.8, 4) is 0 Å². The SMILES string of the molecule is C.c1ccc(C2CCCCC2)cc1.c1ccccc1. The molecule has 2 aromatic rings. The Bertz CT molecular complexity index is 372. The van der Waals surface area contributed by atoms with Crippen LogP contribution in [-0.2, 0) is 0 Å². The van der Waals surface area contributed by atoms with E-state index >= 15 is 0 Å². The minimum Gasteiger partial charge on any atom is -0.0776 e. The van der Waals surface area contributed by atoms with Gasteiger partial charge in [-0.1, -0.05) is 93.4 Å². The van der Waals surface area contributed by atoms with E-state index in [4.69, 9.17) is 0 Å². The Morgan fingerprint density at radius 2 is 1.00 bits per heavy atom. The summed E-state index contributed by atoms with van der Waals surface area (Å²) in [6, 6.07) is 23.0. The van der Waals surface area contributed by atoms with Crippen molar-refractivity contribution in [3.63, 3.8) is 0 Å². The van der Waals surface area contributed by atoms with E-state index in [2.05, 4.69) is 30.3 Å². The lowest BCUT2D eigenvalue weighted by Crippen LogP contribution is -2.03. The zero-order chi connectivity index (χ0) is 12.5. The second-order valence-electron chi connectivity index (χ2n) is 4.90. The first-order valence-corrected chi connectivity index (χ1v) is 7.02. The third kappa shape index (κ3) is 5.74. The van der Waals surface area contributed by atoms with Gasteiger partial charge < -0.3 is 0 Å². The molecule has 0 atom stereocenters. The Morgan fingerprint density at radius 1 is 0.579 bits per heavy atom. The van der Waals surface area contributed by atoms with E-state index in [-0.39, 0.29) is 7.43 Å². The second-order valence-corrected chi connectivity index (χ2v) is 4.90. The van der Waals surface area contributed by atoms with E-state index in [0.29, 0.717) is 0 Å². The molecule has 0 N–H and O–H groups in total. The molecule has 102 valence electrons.